The van der Waals surface area contributed by atoms with Gasteiger partial charge in [0.1, 0.15) is 6.17 Å². The fourth-order valence-electron chi connectivity index (χ4n) is 1.41. The van der Waals surface area contributed by atoms with Gasteiger partial charge in [-0.15, -0.1) is 0 Å². The van der Waals surface area contributed by atoms with E-state index in [1.807, 2.05) is 0 Å². The summed E-state index contributed by atoms with van der Waals surface area (Å²) in [5, 5.41) is 9.53. The van der Waals surface area contributed by atoms with Crippen LogP contribution >= 0.6 is 0 Å². The number of hydrogen-bond acceptors (Lipinski definition) is 3. The Morgan fingerprint density at radius 3 is 2.56 bits per heavy atom. The van der Waals surface area contributed by atoms with E-state index in [2.05, 4.69) is 4.74 Å². The van der Waals surface area contributed by atoms with Gasteiger partial charge >= 0.3 is 5.97 Å². The summed E-state index contributed by atoms with van der Waals surface area (Å²) in [7, 11) is 0. The third-order valence-electron chi connectivity index (χ3n) is 2.34. The summed E-state index contributed by atoms with van der Waals surface area (Å²) in [6, 6.07) is 1.59. The highest BCUT2D eigenvalue weighted by molar-refractivity contribution is 5.76. The maximum Gasteiger partial charge on any atom is 0.339 e. The van der Waals surface area contributed by atoms with E-state index < -0.39 is 35.4 Å². The quantitative estimate of drug-likeness (QED) is 0.848. The average Bonchev–Trinajstić information content (AvgIpc) is 2.31. The molecule has 0 bridgehead atoms. The van der Waals surface area contributed by atoms with Crippen LogP contribution in [0.5, 0.6) is 0 Å². The second kappa shape index (κ2) is 5.86. The Kier molecular flexibility index (Phi) is 4.72. The van der Waals surface area contributed by atoms with Crippen molar-refractivity contribution in [3.8, 4) is 0 Å². The molecule has 2 unspecified atom stereocenters. The Morgan fingerprint density at radius 2 is 2.06 bits per heavy atom. The molecule has 0 aliphatic rings. The highest BCUT2D eigenvalue weighted by Gasteiger charge is 2.25. The SMILES string of the molecule is CCOC(=O)C(O)c1cc(C(C)F)cc(F)c1F. The van der Waals surface area contributed by atoms with Gasteiger partial charge in [-0.3, -0.25) is 0 Å². The Hall–Kier alpha value is -1.56. The van der Waals surface area contributed by atoms with E-state index in [1.165, 1.54) is 6.92 Å². The molecule has 100 valence electrons. The molecule has 0 aromatic heterocycles. The summed E-state index contributed by atoms with van der Waals surface area (Å²) >= 11 is 0. The largest absolute Gasteiger partial charge is 0.464 e. The van der Waals surface area contributed by atoms with Crippen LogP contribution in [0.3, 0.4) is 0 Å². The predicted octanol–water partition coefficient (Wildman–Crippen LogP) is 2.59. The Balaban J connectivity index is 3.18. The highest BCUT2D eigenvalue weighted by atomic mass is 19.2. The number of ether oxygens (including phenoxy) is 1. The molecule has 0 amide bonds. The normalized spacial score (nSPS) is 14.1. The lowest BCUT2D eigenvalue weighted by Crippen LogP contribution is -2.17. The second-order valence-corrected chi connectivity index (χ2v) is 3.68. The summed E-state index contributed by atoms with van der Waals surface area (Å²) < 4.78 is 44.2. The van der Waals surface area contributed by atoms with Crippen molar-refractivity contribution in [3.63, 3.8) is 0 Å². The average molecular weight is 262 g/mol. The van der Waals surface area contributed by atoms with Gasteiger partial charge in [0.2, 0.25) is 0 Å². The molecule has 0 aliphatic carbocycles. The first-order valence-corrected chi connectivity index (χ1v) is 5.36. The molecule has 0 fully saturated rings. The zero-order chi connectivity index (χ0) is 13.9. The standard InChI is InChI=1S/C12H13F3O3/c1-3-18-12(17)11(16)8-4-7(6(2)13)5-9(14)10(8)15/h4-6,11,16H,3H2,1-2H3. The van der Waals surface area contributed by atoms with E-state index in [4.69, 9.17) is 0 Å². The van der Waals surface area contributed by atoms with Crippen molar-refractivity contribution in [3.05, 3.63) is 34.9 Å². The zero-order valence-corrected chi connectivity index (χ0v) is 9.91. The van der Waals surface area contributed by atoms with Gasteiger partial charge in [-0.2, -0.15) is 0 Å². The van der Waals surface area contributed by atoms with Crippen LogP contribution in [0.15, 0.2) is 12.1 Å². The molecule has 3 nitrogen and oxygen atoms in total. The molecule has 1 rings (SSSR count). The summed E-state index contributed by atoms with van der Waals surface area (Å²) in [5.74, 6) is -3.82. The fourth-order valence-corrected chi connectivity index (χ4v) is 1.41. The Bertz CT molecular complexity index is 446. The molecule has 18 heavy (non-hydrogen) atoms. The van der Waals surface area contributed by atoms with Crippen molar-refractivity contribution in [1.82, 2.24) is 0 Å². The minimum absolute atomic E-state index is 0.0147. The number of halogens is 3. The molecule has 0 spiro atoms. The number of alkyl halides is 1. The minimum Gasteiger partial charge on any atom is -0.464 e. The van der Waals surface area contributed by atoms with E-state index in [9.17, 15) is 23.1 Å². The monoisotopic (exact) mass is 262 g/mol. The maximum absolute atomic E-state index is 13.4. The van der Waals surface area contributed by atoms with Crippen molar-refractivity contribution in [2.45, 2.75) is 26.1 Å². The molecule has 6 heteroatoms. The molecule has 0 aliphatic heterocycles. The molecule has 0 heterocycles. The van der Waals surface area contributed by atoms with Crippen LogP contribution in [0.4, 0.5) is 13.2 Å². The molecule has 1 aromatic rings. The van der Waals surface area contributed by atoms with Crippen LogP contribution in [-0.2, 0) is 9.53 Å². The van der Waals surface area contributed by atoms with E-state index in [0.717, 1.165) is 13.0 Å². The first kappa shape index (κ1) is 14.5. The van der Waals surface area contributed by atoms with Gasteiger partial charge in [0.15, 0.2) is 17.7 Å². The lowest BCUT2D eigenvalue weighted by atomic mass is 10.0. The van der Waals surface area contributed by atoms with Gasteiger partial charge in [-0.25, -0.2) is 18.0 Å². The molecular weight excluding hydrogens is 249 g/mol. The van der Waals surface area contributed by atoms with E-state index in [-0.39, 0.29) is 12.2 Å². The molecular formula is C12H13F3O3. The number of carbonyl (C=O) groups excluding carboxylic acids is 1. The van der Waals surface area contributed by atoms with Crippen molar-refractivity contribution in [1.29, 1.82) is 0 Å². The number of aliphatic hydroxyl groups is 1. The van der Waals surface area contributed by atoms with Gasteiger partial charge in [-0.05, 0) is 31.5 Å². The fraction of sp³-hybridized carbons (Fsp3) is 0.417. The smallest absolute Gasteiger partial charge is 0.339 e. The van der Waals surface area contributed by atoms with Crippen LogP contribution in [0, 0.1) is 11.6 Å². The van der Waals surface area contributed by atoms with Crippen LogP contribution in [-0.4, -0.2) is 17.7 Å². The first-order valence-electron chi connectivity index (χ1n) is 5.36. The summed E-state index contributed by atoms with van der Waals surface area (Å²) in [6.07, 6.45) is -3.52. The lowest BCUT2D eigenvalue weighted by molar-refractivity contribution is -0.153. The molecule has 1 aromatic carbocycles. The lowest BCUT2D eigenvalue weighted by Gasteiger charge is -2.13. The van der Waals surface area contributed by atoms with Crippen LogP contribution in [0.2, 0.25) is 0 Å². The molecule has 0 saturated heterocycles. The summed E-state index contributed by atoms with van der Waals surface area (Å²) in [6.45, 7) is 2.62. The van der Waals surface area contributed by atoms with Crippen molar-refractivity contribution < 1.29 is 27.8 Å². The van der Waals surface area contributed by atoms with E-state index in [0.29, 0.717) is 6.07 Å². The number of benzene rings is 1. The topological polar surface area (TPSA) is 46.5 Å². The van der Waals surface area contributed by atoms with Crippen LogP contribution in [0.25, 0.3) is 0 Å². The molecule has 0 radical (unpaired) electrons. The van der Waals surface area contributed by atoms with Gasteiger partial charge < -0.3 is 9.84 Å². The van der Waals surface area contributed by atoms with E-state index in [1.54, 1.807) is 0 Å². The molecule has 0 saturated carbocycles. The number of esters is 1. The van der Waals surface area contributed by atoms with E-state index >= 15 is 0 Å². The third kappa shape index (κ3) is 3.01. The molecule has 2 atom stereocenters. The van der Waals surface area contributed by atoms with Crippen LogP contribution < -0.4 is 0 Å². The first-order chi connectivity index (χ1) is 8.38. The zero-order valence-electron chi connectivity index (χ0n) is 9.91. The molecule has 1 N–H and O–H groups in total. The Morgan fingerprint density at radius 1 is 1.44 bits per heavy atom. The van der Waals surface area contributed by atoms with Crippen molar-refractivity contribution in [2.24, 2.45) is 0 Å². The van der Waals surface area contributed by atoms with Crippen LogP contribution in [0.1, 0.15) is 37.3 Å². The van der Waals surface area contributed by atoms with Gasteiger partial charge in [0, 0.05) is 5.56 Å². The number of rotatable bonds is 4. The Labute approximate surface area is 102 Å². The second-order valence-electron chi connectivity index (χ2n) is 3.68. The van der Waals surface area contributed by atoms with Crippen molar-refractivity contribution >= 4 is 5.97 Å². The number of carbonyl (C=O) groups is 1. The summed E-state index contributed by atoms with van der Waals surface area (Å²) in [5.41, 5.74) is -0.791. The number of aliphatic hydroxyl groups excluding tert-OH is 1. The minimum atomic E-state index is -1.97. The van der Waals surface area contributed by atoms with Gasteiger partial charge in [0.25, 0.3) is 0 Å². The van der Waals surface area contributed by atoms with Gasteiger partial charge in [-0.1, -0.05) is 0 Å². The summed E-state index contributed by atoms with van der Waals surface area (Å²) in [4.78, 5) is 11.2. The maximum atomic E-state index is 13.4. The third-order valence-corrected chi connectivity index (χ3v) is 2.34. The van der Waals surface area contributed by atoms with Crippen molar-refractivity contribution in [2.75, 3.05) is 6.61 Å². The highest BCUT2D eigenvalue weighted by Crippen LogP contribution is 2.26. The predicted molar refractivity (Wildman–Crippen MR) is 57.5 cm³/mol. The van der Waals surface area contributed by atoms with Gasteiger partial charge in [0.05, 0.1) is 6.61 Å². The number of hydrogen-bond donors (Lipinski definition) is 1.